The van der Waals surface area contributed by atoms with Crippen LogP contribution in [-0.4, -0.2) is 24.3 Å². The molecule has 1 atom stereocenters. The van der Waals surface area contributed by atoms with Gasteiger partial charge >= 0.3 is 6.18 Å². The molecule has 0 saturated heterocycles. The molecule has 0 saturated carbocycles. The van der Waals surface area contributed by atoms with Gasteiger partial charge in [-0.1, -0.05) is 25.9 Å². The second kappa shape index (κ2) is 6.46. The summed E-state index contributed by atoms with van der Waals surface area (Å²) in [5.41, 5.74) is -2.64. The average molecular weight is 364 g/mol. The average Bonchev–Trinajstić information content (AvgIpc) is 2.85. The number of rotatable bonds is 4. The standard InChI is InChI=1S/C13H15F3N4O3S/c1-12(2,3)11-19-10(23-20-11)6-24(22)5-8-17-7(13(14,15)16)4-9(21)18-8/h4H,5-6H2,1-3H3,(H,17,18,21)/t24-/m1/s1. The molecule has 2 aromatic rings. The fourth-order valence-corrected chi connectivity index (χ4v) is 2.62. The van der Waals surface area contributed by atoms with Gasteiger partial charge in [-0.2, -0.15) is 18.2 Å². The zero-order chi connectivity index (χ0) is 18.1. The topological polar surface area (TPSA) is 102 Å². The van der Waals surface area contributed by atoms with E-state index in [1.807, 2.05) is 20.8 Å². The highest BCUT2D eigenvalue weighted by Crippen LogP contribution is 2.26. The lowest BCUT2D eigenvalue weighted by molar-refractivity contribution is -0.141. The van der Waals surface area contributed by atoms with Gasteiger partial charge in [0.15, 0.2) is 11.5 Å². The Kier molecular flexibility index (Phi) is 4.92. The summed E-state index contributed by atoms with van der Waals surface area (Å²) in [5, 5.41) is 3.77. The molecule has 0 fully saturated rings. The summed E-state index contributed by atoms with van der Waals surface area (Å²) in [7, 11) is -1.67. The van der Waals surface area contributed by atoms with Crippen LogP contribution < -0.4 is 5.56 Å². The van der Waals surface area contributed by atoms with Crippen molar-refractivity contribution in [2.45, 2.75) is 43.9 Å². The van der Waals surface area contributed by atoms with Gasteiger partial charge in [0.05, 0.1) is 5.75 Å². The summed E-state index contributed by atoms with van der Waals surface area (Å²) in [6.07, 6.45) is -4.75. The van der Waals surface area contributed by atoms with Crippen molar-refractivity contribution < 1.29 is 21.9 Å². The third-order valence-electron chi connectivity index (χ3n) is 2.80. The van der Waals surface area contributed by atoms with Crippen molar-refractivity contribution in [1.82, 2.24) is 20.1 Å². The van der Waals surface area contributed by atoms with Crippen LogP contribution in [0.15, 0.2) is 15.4 Å². The molecule has 0 bridgehead atoms. The lowest BCUT2D eigenvalue weighted by Gasteiger charge is -2.10. The second-order valence-corrected chi connectivity index (χ2v) is 7.52. The van der Waals surface area contributed by atoms with Crippen LogP contribution in [0, 0.1) is 0 Å². The van der Waals surface area contributed by atoms with Crippen molar-refractivity contribution in [2.24, 2.45) is 0 Å². The van der Waals surface area contributed by atoms with Gasteiger partial charge in [0.25, 0.3) is 5.56 Å². The van der Waals surface area contributed by atoms with Crippen LogP contribution in [0.5, 0.6) is 0 Å². The summed E-state index contributed by atoms with van der Waals surface area (Å²) in [5.74, 6) is -0.300. The van der Waals surface area contributed by atoms with Crippen LogP contribution in [-0.2, 0) is 33.9 Å². The predicted octanol–water partition coefficient (Wildman–Crippen LogP) is 1.92. The smallest absolute Gasteiger partial charge is 0.338 e. The van der Waals surface area contributed by atoms with Crippen molar-refractivity contribution in [3.8, 4) is 0 Å². The zero-order valence-corrected chi connectivity index (χ0v) is 13.9. The molecule has 0 aromatic carbocycles. The number of hydrogen-bond donors (Lipinski definition) is 1. The number of H-pyrrole nitrogens is 1. The van der Waals surface area contributed by atoms with Gasteiger partial charge in [-0.15, -0.1) is 0 Å². The molecule has 1 N–H and O–H groups in total. The van der Waals surface area contributed by atoms with E-state index in [2.05, 4.69) is 20.1 Å². The molecule has 0 amide bonds. The first-order valence-corrected chi connectivity index (χ1v) is 8.29. The van der Waals surface area contributed by atoms with Gasteiger partial charge in [-0.25, -0.2) is 4.98 Å². The third kappa shape index (κ3) is 4.73. The van der Waals surface area contributed by atoms with Gasteiger partial charge in [-0.05, 0) is 0 Å². The van der Waals surface area contributed by atoms with E-state index >= 15 is 0 Å². The van der Waals surface area contributed by atoms with Gasteiger partial charge in [0.1, 0.15) is 11.6 Å². The summed E-state index contributed by atoms with van der Waals surface area (Å²) >= 11 is 0. The van der Waals surface area contributed by atoms with Crippen LogP contribution in [0.3, 0.4) is 0 Å². The Morgan fingerprint density at radius 1 is 1.21 bits per heavy atom. The Labute approximate surface area is 137 Å². The van der Waals surface area contributed by atoms with Gasteiger partial charge in [-0.3, -0.25) is 9.00 Å². The Bertz CT molecular complexity index is 808. The maximum absolute atomic E-state index is 12.6. The third-order valence-corrected chi connectivity index (χ3v) is 3.97. The van der Waals surface area contributed by atoms with Crippen molar-refractivity contribution in [2.75, 3.05) is 0 Å². The van der Waals surface area contributed by atoms with Crippen LogP contribution in [0.1, 0.15) is 44.0 Å². The van der Waals surface area contributed by atoms with E-state index in [4.69, 9.17) is 4.52 Å². The van der Waals surface area contributed by atoms with Gasteiger partial charge in [0.2, 0.25) is 5.89 Å². The minimum absolute atomic E-state index is 0.104. The highest BCUT2D eigenvalue weighted by atomic mass is 32.2. The van der Waals surface area contributed by atoms with Crippen LogP contribution >= 0.6 is 0 Å². The number of nitrogens with zero attached hydrogens (tertiary/aromatic N) is 3. The number of hydrogen-bond acceptors (Lipinski definition) is 6. The molecule has 0 aliphatic rings. The van der Waals surface area contributed by atoms with Crippen molar-refractivity contribution >= 4 is 10.8 Å². The molecule has 11 heteroatoms. The number of nitrogens with one attached hydrogen (secondary N) is 1. The van der Waals surface area contributed by atoms with Crippen molar-refractivity contribution in [3.05, 3.63) is 39.7 Å². The molecule has 132 valence electrons. The zero-order valence-electron chi connectivity index (χ0n) is 13.1. The molecule has 2 heterocycles. The number of alkyl halides is 3. The lowest BCUT2D eigenvalue weighted by Crippen LogP contribution is -2.19. The molecule has 24 heavy (non-hydrogen) atoms. The monoisotopic (exact) mass is 364 g/mol. The fraction of sp³-hybridized carbons (Fsp3) is 0.538. The highest BCUT2D eigenvalue weighted by molar-refractivity contribution is 7.83. The van der Waals surface area contributed by atoms with Gasteiger partial charge < -0.3 is 9.51 Å². The predicted molar refractivity (Wildman–Crippen MR) is 78.4 cm³/mol. The van der Waals surface area contributed by atoms with Crippen molar-refractivity contribution in [1.29, 1.82) is 0 Å². The van der Waals surface area contributed by atoms with E-state index in [1.165, 1.54) is 0 Å². The first kappa shape index (κ1) is 18.3. The molecular formula is C13H15F3N4O3S. The molecule has 0 spiro atoms. The normalized spacial score (nSPS) is 13.9. The molecule has 2 aromatic heterocycles. The molecule has 0 radical (unpaired) electrons. The van der Waals surface area contributed by atoms with E-state index in [9.17, 15) is 22.2 Å². The first-order chi connectivity index (χ1) is 10.9. The quantitative estimate of drug-likeness (QED) is 0.889. The second-order valence-electron chi connectivity index (χ2n) is 6.07. The van der Waals surface area contributed by atoms with E-state index < -0.39 is 28.2 Å². The Morgan fingerprint density at radius 2 is 1.88 bits per heavy atom. The van der Waals surface area contributed by atoms with Crippen LogP contribution in [0.25, 0.3) is 0 Å². The number of aromatic nitrogens is 4. The van der Waals surface area contributed by atoms with Crippen LogP contribution in [0.4, 0.5) is 13.2 Å². The molecular weight excluding hydrogens is 349 g/mol. The molecule has 0 unspecified atom stereocenters. The van der Waals surface area contributed by atoms with E-state index in [-0.39, 0.29) is 28.6 Å². The van der Waals surface area contributed by atoms with E-state index in [0.29, 0.717) is 11.9 Å². The maximum Gasteiger partial charge on any atom is 0.433 e. The molecule has 2 rings (SSSR count). The highest BCUT2D eigenvalue weighted by Gasteiger charge is 2.33. The van der Waals surface area contributed by atoms with E-state index in [1.54, 1.807) is 0 Å². The maximum atomic E-state index is 12.6. The minimum atomic E-state index is -4.75. The van der Waals surface area contributed by atoms with Gasteiger partial charge in [0, 0.05) is 22.3 Å². The minimum Gasteiger partial charge on any atom is -0.338 e. The fourth-order valence-electron chi connectivity index (χ4n) is 1.68. The number of halogens is 3. The molecule has 7 nitrogen and oxygen atoms in total. The largest absolute Gasteiger partial charge is 0.433 e. The van der Waals surface area contributed by atoms with Crippen LogP contribution in [0.2, 0.25) is 0 Å². The van der Waals surface area contributed by atoms with E-state index in [0.717, 1.165) is 0 Å². The summed E-state index contributed by atoms with van der Waals surface area (Å²) in [6.45, 7) is 5.61. The molecule has 0 aliphatic heterocycles. The first-order valence-electron chi connectivity index (χ1n) is 6.80. The molecule has 0 aliphatic carbocycles. The SMILES string of the molecule is CC(C)(C)c1noc(C[S@](=O)Cc2nc(C(F)(F)F)cc(=O)[nH]2)n1. The summed E-state index contributed by atoms with van der Waals surface area (Å²) in [4.78, 5) is 20.8. The lowest BCUT2D eigenvalue weighted by atomic mass is 9.96. The number of aromatic amines is 1. The summed E-state index contributed by atoms with van der Waals surface area (Å²) < 4.78 is 54.9. The Morgan fingerprint density at radius 3 is 2.42 bits per heavy atom. The van der Waals surface area contributed by atoms with Crippen molar-refractivity contribution in [3.63, 3.8) is 0 Å². The summed E-state index contributed by atoms with van der Waals surface area (Å²) in [6, 6.07) is 0.347. The Hall–Kier alpha value is -2.04. The Balaban J connectivity index is 2.12.